The summed E-state index contributed by atoms with van der Waals surface area (Å²) in [5.74, 6) is 0.545. The number of rotatable bonds is 1. The summed E-state index contributed by atoms with van der Waals surface area (Å²) >= 11 is 6.14. The summed E-state index contributed by atoms with van der Waals surface area (Å²) in [5, 5.41) is 0.476. The molecule has 0 saturated carbocycles. The largest absolute Gasteiger partial charge is 0.486 e. The molecule has 2 unspecified atom stereocenters. The van der Waals surface area contributed by atoms with Crippen molar-refractivity contribution in [1.29, 1.82) is 0 Å². The molecule has 1 fully saturated rings. The molecule has 7 heteroatoms. The normalized spacial score (nSPS) is 24.6. The number of nitrogens with two attached hydrogens (primary N) is 1. The fraction of sp³-hybridized carbons (Fsp3) is 0.222. The lowest BCUT2D eigenvalue weighted by molar-refractivity contribution is 0.112. The minimum atomic E-state index is -0.870. The van der Waals surface area contributed by atoms with Gasteiger partial charge in [-0.25, -0.2) is 14.5 Å². The number of anilines is 1. The van der Waals surface area contributed by atoms with Gasteiger partial charge in [0.2, 0.25) is 0 Å². The van der Waals surface area contributed by atoms with Gasteiger partial charge in [0.25, 0.3) is 0 Å². The van der Waals surface area contributed by atoms with Gasteiger partial charge in [0.15, 0.2) is 0 Å². The van der Waals surface area contributed by atoms with Crippen LogP contribution >= 0.6 is 11.6 Å². The number of urea groups is 2. The minimum Gasteiger partial charge on any atom is -0.486 e. The maximum absolute atomic E-state index is 13.0. The van der Waals surface area contributed by atoms with E-state index in [0.717, 1.165) is 10.5 Å². The lowest BCUT2D eigenvalue weighted by atomic mass is 9.82. The van der Waals surface area contributed by atoms with Crippen molar-refractivity contribution in [2.75, 3.05) is 11.4 Å². The van der Waals surface area contributed by atoms with Crippen LogP contribution in [-0.2, 0) is 5.54 Å². The number of ether oxygens (including phenoxy) is 1. The number of carbonyl (C=O) groups excluding carboxylic acids is 2. The van der Waals surface area contributed by atoms with E-state index in [1.54, 1.807) is 23.1 Å². The van der Waals surface area contributed by atoms with Crippen LogP contribution in [0.2, 0.25) is 5.02 Å². The van der Waals surface area contributed by atoms with Crippen LogP contribution in [0.3, 0.4) is 0 Å². The summed E-state index contributed by atoms with van der Waals surface area (Å²) in [7, 11) is 0. The van der Waals surface area contributed by atoms with Gasteiger partial charge in [-0.2, -0.15) is 0 Å². The highest BCUT2D eigenvalue weighted by atomic mass is 35.5. The second kappa shape index (κ2) is 5.39. The van der Waals surface area contributed by atoms with E-state index in [0.29, 0.717) is 16.5 Å². The molecule has 2 aliphatic rings. The van der Waals surface area contributed by atoms with Crippen LogP contribution in [0.25, 0.3) is 0 Å². The summed E-state index contributed by atoms with van der Waals surface area (Å²) in [4.78, 5) is 27.5. The number of benzene rings is 2. The Morgan fingerprint density at radius 3 is 2.68 bits per heavy atom. The third-order valence-corrected chi connectivity index (χ3v) is 5.13. The summed E-state index contributed by atoms with van der Waals surface area (Å²) < 4.78 is 6.10. The smallest absolute Gasteiger partial charge is 0.333 e. The highest BCUT2D eigenvalue weighted by Crippen LogP contribution is 2.50. The Labute approximate surface area is 149 Å². The average molecular weight is 358 g/mol. The zero-order valence-electron chi connectivity index (χ0n) is 13.5. The van der Waals surface area contributed by atoms with E-state index in [-0.39, 0.29) is 6.54 Å². The van der Waals surface area contributed by atoms with Gasteiger partial charge in [-0.15, -0.1) is 0 Å². The van der Waals surface area contributed by atoms with E-state index in [1.807, 2.05) is 37.3 Å². The van der Waals surface area contributed by atoms with Crippen molar-refractivity contribution in [3.05, 3.63) is 59.1 Å². The van der Waals surface area contributed by atoms with Crippen LogP contribution in [0, 0.1) is 0 Å². The van der Waals surface area contributed by atoms with Gasteiger partial charge in [0.05, 0.1) is 12.2 Å². The molecule has 128 valence electrons. The summed E-state index contributed by atoms with van der Waals surface area (Å²) in [5.41, 5.74) is 5.97. The fourth-order valence-corrected chi connectivity index (χ4v) is 3.87. The Morgan fingerprint density at radius 1 is 1.28 bits per heavy atom. The van der Waals surface area contributed by atoms with Crippen LogP contribution in [0.15, 0.2) is 48.5 Å². The van der Waals surface area contributed by atoms with Crippen LogP contribution in [0.5, 0.6) is 5.75 Å². The number of carbonyl (C=O) groups is 2. The highest BCUT2D eigenvalue weighted by Gasteiger charge is 2.59. The minimum absolute atomic E-state index is 0.109. The zero-order valence-corrected chi connectivity index (χ0v) is 14.2. The molecule has 2 aliphatic heterocycles. The molecule has 2 N–H and O–H groups in total. The monoisotopic (exact) mass is 357 g/mol. The average Bonchev–Trinajstić information content (AvgIpc) is 2.92. The fourth-order valence-electron chi connectivity index (χ4n) is 3.71. The van der Waals surface area contributed by atoms with Crippen molar-refractivity contribution in [2.24, 2.45) is 5.73 Å². The topological polar surface area (TPSA) is 75.9 Å². The molecule has 0 radical (unpaired) electrons. The molecule has 0 spiro atoms. The van der Waals surface area contributed by atoms with E-state index in [4.69, 9.17) is 22.1 Å². The van der Waals surface area contributed by atoms with Gasteiger partial charge in [0, 0.05) is 5.02 Å². The Morgan fingerprint density at radius 2 is 2.00 bits per heavy atom. The maximum Gasteiger partial charge on any atom is 0.333 e. The lowest BCUT2D eigenvalue weighted by Gasteiger charge is -2.46. The first-order chi connectivity index (χ1) is 11.9. The quantitative estimate of drug-likeness (QED) is 0.850. The summed E-state index contributed by atoms with van der Waals surface area (Å²) in [6.45, 7) is 1.99. The number of halogens is 1. The van der Waals surface area contributed by atoms with Gasteiger partial charge >= 0.3 is 12.1 Å². The molecule has 25 heavy (non-hydrogen) atoms. The molecule has 4 amide bonds. The molecule has 2 aromatic rings. The van der Waals surface area contributed by atoms with E-state index in [2.05, 4.69) is 0 Å². The van der Waals surface area contributed by atoms with Gasteiger partial charge in [-0.05, 0) is 30.7 Å². The molecule has 6 nitrogen and oxygen atoms in total. The van der Waals surface area contributed by atoms with Crippen LogP contribution < -0.4 is 15.4 Å². The molecule has 2 heterocycles. The first-order valence-corrected chi connectivity index (χ1v) is 8.26. The van der Waals surface area contributed by atoms with E-state index < -0.39 is 23.7 Å². The van der Waals surface area contributed by atoms with E-state index >= 15 is 0 Å². The van der Waals surface area contributed by atoms with Crippen molar-refractivity contribution >= 4 is 29.4 Å². The molecule has 1 saturated heterocycles. The van der Waals surface area contributed by atoms with Gasteiger partial charge in [0.1, 0.15) is 17.4 Å². The highest BCUT2D eigenvalue weighted by molar-refractivity contribution is 6.31. The molecule has 4 rings (SSSR count). The molecular formula is C18H16ClN3O3. The first-order valence-electron chi connectivity index (χ1n) is 7.88. The predicted molar refractivity (Wildman–Crippen MR) is 93.8 cm³/mol. The second-order valence-electron chi connectivity index (χ2n) is 6.20. The SMILES string of the molecule is CC1Oc2ccc(Cl)cc2N2C(=O)N(C(N)=O)CC12c1ccccc1. The van der Waals surface area contributed by atoms with E-state index in [9.17, 15) is 9.59 Å². The van der Waals surface area contributed by atoms with Crippen LogP contribution in [0.4, 0.5) is 15.3 Å². The maximum atomic E-state index is 13.0. The van der Waals surface area contributed by atoms with Crippen molar-refractivity contribution in [2.45, 2.75) is 18.6 Å². The van der Waals surface area contributed by atoms with Crippen LogP contribution in [-0.4, -0.2) is 29.6 Å². The van der Waals surface area contributed by atoms with Crippen LogP contribution in [0.1, 0.15) is 12.5 Å². The second-order valence-corrected chi connectivity index (χ2v) is 6.64. The number of amides is 4. The number of nitrogens with zero attached hydrogens (tertiary/aromatic N) is 2. The predicted octanol–water partition coefficient (Wildman–Crippen LogP) is 3.34. The Balaban J connectivity index is 1.99. The number of hydrogen-bond acceptors (Lipinski definition) is 3. The molecule has 0 bridgehead atoms. The molecule has 2 aromatic carbocycles. The molecule has 0 aromatic heterocycles. The van der Waals surface area contributed by atoms with E-state index in [1.165, 1.54) is 0 Å². The summed E-state index contributed by atoms with van der Waals surface area (Å²) in [6, 6.07) is 13.3. The van der Waals surface area contributed by atoms with Crippen molar-refractivity contribution in [3.8, 4) is 5.75 Å². The zero-order chi connectivity index (χ0) is 17.8. The standard InChI is InChI=1S/C18H16ClN3O3/c1-11-18(12-5-3-2-4-6-12)10-21(16(20)23)17(24)22(18)14-9-13(19)7-8-15(14)25-11/h2-9,11H,10H2,1H3,(H2,20,23). The number of fused-ring (bicyclic) bond motifs is 3. The number of primary amides is 1. The van der Waals surface area contributed by atoms with Gasteiger partial charge < -0.3 is 10.5 Å². The lowest BCUT2D eigenvalue weighted by Crippen LogP contribution is -2.57. The summed E-state index contributed by atoms with van der Waals surface area (Å²) in [6.07, 6.45) is -0.392. The first kappa shape index (κ1) is 15.8. The van der Waals surface area contributed by atoms with Gasteiger partial charge in [-0.1, -0.05) is 41.9 Å². The van der Waals surface area contributed by atoms with Crippen molar-refractivity contribution in [1.82, 2.24) is 4.90 Å². The number of hydrogen-bond donors (Lipinski definition) is 1. The third kappa shape index (κ3) is 2.10. The molecule has 2 atom stereocenters. The third-order valence-electron chi connectivity index (χ3n) is 4.90. The molecule has 0 aliphatic carbocycles. The van der Waals surface area contributed by atoms with Crippen molar-refractivity contribution in [3.63, 3.8) is 0 Å². The van der Waals surface area contributed by atoms with Gasteiger partial charge in [-0.3, -0.25) is 4.90 Å². The Hall–Kier alpha value is -2.73. The Kier molecular flexibility index (Phi) is 3.40. The molecular weight excluding hydrogens is 342 g/mol. The Bertz CT molecular complexity index is 873. The van der Waals surface area contributed by atoms with Crippen molar-refractivity contribution < 1.29 is 14.3 Å². The number of imide groups is 1.